The van der Waals surface area contributed by atoms with E-state index in [0.717, 1.165) is 28.9 Å². The van der Waals surface area contributed by atoms with Crippen LogP contribution in [0, 0.1) is 5.92 Å². The molecule has 1 aliphatic heterocycles. The number of hydrogen-bond acceptors (Lipinski definition) is 4. The fourth-order valence-corrected chi connectivity index (χ4v) is 5.24. The van der Waals surface area contributed by atoms with Crippen molar-refractivity contribution in [1.82, 2.24) is 14.3 Å². The van der Waals surface area contributed by atoms with Crippen molar-refractivity contribution in [1.29, 1.82) is 0 Å². The van der Waals surface area contributed by atoms with Gasteiger partial charge in [0.1, 0.15) is 5.65 Å². The second-order valence-electron chi connectivity index (χ2n) is 7.50. The number of benzene rings is 1. The SMILES string of the molecule is C[C@@H]1CCN(S(=O)(=O)c2cccc(C(F)(F)F)c2)C[C@@H]1Nc1ccnc2[nH]ccc12. The monoisotopic (exact) mass is 438 g/mol. The predicted molar refractivity (Wildman–Crippen MR) is 107 cm³/mol. The van der Waals surface area contributed by atoms with Gasteiger partial charge in [0.15, 0.2) is 0 Å². The van der Waals surface area contributed by atoms with Crippen molar-refractivity contribution in [2.75, 3.05) is 18.4 Å². The van der Waals surface area contributed by atoms with Gasteiger partial charge in [-0.05, 0) is 42.7 Å². The van der Waals surface area contributed by atoms with Gasteiger partial charge in [0, 0.05) is 42.6 Å². The number of rotatable bonds is 4. The molecule has 0 amide bonds. The predicted octanol–water partition coefficient (Wildman–Crippen LogP) is 4.09. The molecule has 6 nitrogen and oxygen atoms in total. The molecular formula is C20H21F3N4O2S. The fraction of sp³-hybridized carbons (Fsp3) is 0.350. The third-order valence-corrected chi connectivity index (χ3v) is 7.38. The summed E-state index contributed by atoms with van der Waals surface area (Å²) >= 11 is 0. The van der Waals surface area contributed by atoms with E-state index in [1.165, 1.54) is 10.4 Å². The highest BCUT2D eigenvalue weighted by Crippen LogP contribution is 2.32. The summed E-state index contributed by atoms with van der Waals surface area (Å²) in [5.41, 5.74) is 0.573. The Balaban J connectivity index is 1.59. The Labute approximate surface area is 172 Å². The lowest BCUT2D eigenvalue weighted by atomic mass is 9.94. The zero-order valence-electron chi connectivity index (χ0n) is 16.1. The number of fused-ring (bicyclic) bond motifs is 1. The van der Waals surface area contributed by atoms with Gasteiger partial charge < -0.3 is 10.3 Å². The minimum absolute atomic E-state index is 0.161. The first kappa shape index (κ1) is 20.7. The topological polar surface area (TPSA) is 78.1 Å². The Morgan fingerprint density at radius 2 is 2.03 bits per heavy atom. The summed E-state index contributed by atoms with van der Waals surface area (Å²) in [6, 6.07) is 7.41. The lowest BCUT2D eigenvalue weighted by Crippen LogP contribution is -2.49. The van der Waals surface area contributed by atoms with Gasteiger partial charge in [-0.15, -0.1) is 0 Å². The van der Waals surface area contributed by atoms with Crippen molar-refractivity contribution in [3.8, 4) is 0 Å². The van der Waals surface area contributed by atoms with Crippen LogP contribution < -0.4 is 5.32 Å². The van der Waals surface area contributed by atoms with E-state index in [-0.39, 0.29) is 29.9 Å². The number of nitrogens with one attached hydrogen (secondary N) is 2. The van der Waals surface area contributed by atoms with Crippen LogP contribution >= 0.6 is 0 Å². The minimum atomic E-state index is -4.60. The van der Waals surface area contributed by atoms with Crippen LogP contribution in [0.4, 0.5) is 18.9 Å². The number of alkyl halides is 3. The van der Waals surface area contributed by atoms with Gasteiger partial charge in [0.25, 0.3) is 0 Å². The first-order chi connectivity index (χ1) is 14.2. The summed E-state index contributed by atoms with van der Waals surface area (Å²) in [6.45, 7) is 2.45. The molecule has 1 aliphatic rings. The standard InChI is InChI=1S/C20H21F3N4O2S/c1-13-7-10-27(30(28,29)15-4-2-3-14(11-15)20(21,22)23)12-18(13)26-17-6-9-25-19-16(17)5-8-24-19/h2-6,8-9,11,13,18H,7,10,12H2,1H3,(H2,24,25,26)/t13-,18+/m1/s1. The van der Waals surface area contributed by atoms with Crippen molar-refractivity contribution in [2.45, 2.75) is 30.5 Å². The highest BCUT2D eigenvalue weighted by molar-refractivity contribution is 7.89. The van der Waals surface area contributed by atoms with Crippen LogP contribution in [0.5, 0.6) is 0 Å². The van der Waals surface area contributed by atoms with Crippen LogP contribution in [0.1, 0.15) is 18.9 Å². The molecule has 0 radical (unpaired) electrons. The van der Waals surface area contributed by atoms with Gasteiger partial charge in [-0.1, -0.05) is 13.0 Å². The van der Waals surface area contributed by atoms with E-state index in [9.17, 15) is 21.6 Å². The van der Waals surface area contributed by atoms with Gasteiger partial charge in [-0.25, -0.2) is 13.4 Å². The van der Waals surface area contributed by atoms with Crippen molar-refractivity contribution in [2.24, 2.45) is 5.92 Å². The molecule has 0 unspecified atom stereocenters. The smallest absolute Gasteiger partial charge is 0.380 e. The summed E-state index contributed by atoms with van der Waals surface area (Å²) in [6.07, 6.45) is -0.574. The van der Waals surface area contributed by atoms with Crippen LogP contribution in [0.3, 0.4) is 0 Å². The van der Waals surface area contributed by atoms with E-state index in [0.29, 0.717) is 12.5 Å². The van der Waals surface area contributed by atoms with E-state index in [4.69, 9.17) is 0 Å². The number of anilines is 1. The van der Waals surface area contributed by atoms with Crippen LogP contribution in [0.15, 0.2) is 53.7 Å². The van der Waals surface area contributed by atoms with E-state index >= 15 is 0 Å². The highest BCUT2D eigenvalue weighted by atomic mass is 32.2. The average molecular weight is 438 g/mol. The van der Waals surface area contributed by atoms with Crippen LogP contribution in [-0.2, 0) is 16.2 Å². The highest BCUT2D eigenvalue weighted by Gasteiger charge is 2.36. The number of pyridine rings is 1. The molecule has 1 fully saturated rings. The van der Waals surface area contributed by atoms with Gasteiger partial charge in [-0.2, -0.15) is 17.5 Å². The largest absolute Gasteiger partial charge is 0.416 e. The molecule has 0 aliphatic carbocycles. The normalized spacial score (nSPS) is 21.1. The van der Waals surface area contributed by atoms with Crippen molar-refractivity contribution in [3.05, 3.63) is 54.4 Å². The molecule has 3 heterocycles. The van der Waals surface area contributed by atoms with Crippen LogP contribution in [0.2, 0.25) is 0 Å². The summed E-state index contributed by atoms with van der Waals surface area (Å²) in [5, 5.41) is 4.29. The molecule has 2 N–H and O–H groups in total. The summed E-state index contributed by atoms with van der Waals surface area (Å²) in [7, 11) is -4.05. The molecule has 0 saturated carbocycles. The number of halogens is 3. The molecular weight excluding hydrogens is 417 g/mol. The Morgan fingerprint density at radius 3 is 2.80 bits per heavy atom. The molecule has 0 bridgehead atoms. The van der Waals surface area contributed by atoms with E-state index in [1.54, 1.807) is 12.4 Å². The molecule has 1 saturated heterocycles. The summed E-state index contributed by atoms with van der Waals surface area (Å²) in [5.74, 6) is 0.181. The summed E-state index contributed by atoms with van der Waals surface area (Å²) < 4.78 is 66.5. The summed E-state index contributed by atoms with van der Waals surface area (Å²) in [4.78, 5) is 6.93. The van der Waals surface area contributed by atoms with Crippen molar-refractivity contribution < 1.29 is 21.6 Å². The van der Waals surface area contributed by atoms with Gasteiger partial charge >= 0.3 is 6.18 Å². The van der Waals surface area contributed by atoms with Crippen molar-refractivity contribution >= 4 is 26.7 Å². The first-order valence-corrected chi connectivity index (χ1v) is 11.0. The number of sulfonamides is 1. The molecule has 4 rings (SSSR count). The van der Waals surface area contributed by atoms with Crippen LogP contribution in [0.25, 0.3) is 11.0 Å². The number of hydrogen-bond donors (Lipinski definition) is 2. The van der Waals surface area contributed by atoms with E-state index < -0.39 is 21.8 Å². The maximum absolute atomic E-state index is 13.1. The Kier molecular flexibility index (Phi) is 5.23. The van der Waals surface area contributed by atoms with E-state index in [2.05, 4.69) is 15.3 Å². The third kappa shape index (κ3) is 3.89. The lowest BCUT2D eigenvalue weighted by Gasteiger charge is -2.37. The molecule has 160 valence electrons. The Morgan fingerprint density at radius 1 is 1.23 bits per heavy atom. The number of aromatic amines is 1. The zero-order valence-corrected chi connectivity index (χ0v) is 17.0. The van der Waals surface area contributed by atoms with Gasteiger partial charge in [0.05, 0.1) is 10.5 Å². The number of piperidine rings is 1. The third-order valence-electron chi connectivity index (χ3n) is 5.52. The first-order valence-electron chi connectivity index (χ1n) is 9.52. The molecule has 3 aromatic rings. The maximum atomic E-state index is 13.1. The average Bonchev–Trinajstić information content (AvgIpc) is 3.19. The molecule has 2 atom stereocenters. The van der Waals surface area contributed by atoms with Crippen molar-refractivity contribution in [3.63, 3.8) is 0 Å². The number of H-pyrrole nitrogens is 1. The number of aromatic nitrogens is 2. The second-order valence-corrected chi connectivity index (χ2v) is 9.44. The molecule has 10 heteroatoms. The Hall–Kier alpha value is -2.59. The molecule has 1 aromatic carbocycles. The van der Waals surface area contributed by atoms with Crippen LogP contribution in [-0.4, -0.2) is 41.8 Å². The fourth-order valence-electron chi connectivity index (χ4n) is 3.71. The van der Waals surface area contributed by atoms with E-state index in [1.807, 2.05) is 19.1 Å². The minimum Gasteiger partial charge on any atom is -0.380 e. The molecule has 0 spiro atoms. The second kappa shape index (κ2) is 7.59. The molecule has 2 aromatic heterocycles. The Bertz CT molecular complexity index is 1160. The quantitative estimate of drug-likeness (QED) is 0.643. The van der Waals surface area contributed by atoms with Gasteiger partial charge in [0.2, 0.25) is 10.0 Å². The lowest BCUT2D eigenvalue weighted by molar-refractivity contribution is -0.137. The molecule has 30 heavy (non-hydrogen) atoms. The number of nitrogens with zero attached hydrogens (tertiary/aromatic N) is 2. The maximum Gasteiger partial charge on any atom is 0.416 e. The zero-order chi connectivity index (χ0) is 21.5. The van der Waals surface area contributed by atoms with Gasteiger partial charge in [-0.3, -0.25) is 0 Å².